The van der Waals surface area contributed by atoms with Crippen LogP contribution in [0.2, 0.25) is 0 Å². The number of hydrogen-bond acceptors (Lipinski definition) is 4. The Bertz CT molecular complexity index is 470. The van der Waals surface area contributed by atoms with Crippen molar-refractivity contribution in [1.82, 2.24) is 9.80 Å². The lowest BCUT2D eigenvalue weighted by Gasteiger charge is -2.22. The minimum atomic E-state index is -1.76. The zero-order valence-corrected chi connectivity index (χ0v) is 12.3. The zero-order chi connectivity index (χ0) is 14.9. The van der Waals surface area contributed by atoms with E-state index in [1.165, 1.54) is 12.1 Å². The molecule has 1 saturated heterocycles. The molecule has 0 amide bonds. The van der Waals surface area contributed by atoms with Crippen molar-refractivity contribution in [2.45, 2.75) is 19.5 Å². The van der Waals surface area contributed by atoms with Crippen molar-refractivity contribution in [3.05, 3.63) is 29.6 Å². The van der Waals surface area contributed by atoms with E-state index in [2.05, 4.69) is 30.8 Å². The molecule has 0 bridgehead atoms. The molecule has 1 aliphatic heterocycles. The van der Waals surface area contributed by atoms with Crippen LogP contribution >= 0.6 is 0 Å². The fraction of sp³-hybridized carbons (Fsp3) is 0.571. The van der Waals surface area contributed by atoms with Crippen LogP contribution < -0.4 is 5.46 Å². The molecule has 2 atom stereocenters. The molecule has 20 heavy (non-hydrogen) atoms. The molecule has 2 N–H and O–H groups in total. The van der Waals surface area contributed by atoms with Gasteiger partial charge in [-0.3, -0.25) is 4.90 Å². The molecule has 1 aliphatic rings. The summed E-state index contributed by atoms with van der Waals surface area (Å²) < 4.78 is 13.4. The number of likely N-dealkylation sites (tertiary alicyclic amines) is 1. The quantitative estimate of drug-likeness (QED) is 0.755. The summed E-state index contributed by atoms with van der Waals surface area (Å²) in [6, 6.07) is 5.06. The molecule has 1 fully saturated rings. The van der Waals surface area contributed by atoms with E-state index in [1.54, 1.807) is 6.07 Å². The highest BCUT2D eigenvalue weighted by Gasteiger charge is 2.30. The van der Waals surface area contributed by atoms with Gasteiger partial charge in [-0.15, -0.1) is 0 Å². The Balaban J connectivity index is 2.06. The highest BCUT2D eigenvalue weighted by molar-refractivity contribution is 6.58. The molecule has 0 spiro atoms. The van der Waals surface area contributed by atoms with Gasteiger partial charge in [-0.25, -0.2) is 4.39 Å². The normalized spacial score (nSPS) is 23.6. The van der Waals surface area contributed by atoms with Crippen molar-refractivity contribution in [1.29, 1.82) is 0 Å². The minimum absolute atomic E-state index is 0.0566. The Morgan fingerprint density at radius 1 is 1.35 bits per heavy atom. The maximum Gasteiger partial charge on any atom is 0.491 e. The first-order valence-electron chi connectivity index (χ1n) is 6.91. The lowest BCUT2D eigenvalue weighted by atomic mass is 9.79. The SMILES string of the molecule is CC1CN(Cc2ccc(F)c(B(O)O)c2)CC1N(C)C. The Kier molecular flexibility index (Phi) is 4.80. The second-order valence-electron chi connectivity index (χ2n) is 5.93. The van der Waals surface area contributed by atoms with Crippen molar-refractivity contribution in [2.24, 2.45) is 5.92 Å². The van der Waals surface area contributed by atoms with E-state index >= 15 is 0 Å². The molecule has 110 valence electrons. The number of likely N-dealkylation sites (N-methyl/N-ethyl adjacent to an activating group) is 1. The van der Waals surface area contributed by atoms with Crippen LogP contribution in [0.3, 0.4) is 0 Å². The lowest BCUT2D eigenvalue weighted by molar-refractivity contribution is 0.250. The van der Waals surface area contributed by atoms with Crippen LogP contribution in [-0.4, -0.2) is 60.2 Å². The molecule has 1 aromatic rings. The highest BCUT2D eigenvalue weighted by Crippen LogP contribution is 2.21. The van der Waals surface area contributed by atoms with E-state index in [4.69, 9.17) is 10.0 Å². The van der Waals surface area contributed by atoms with Crippen molar-refractivity contribution in [3.63, 3.8) is 0 Å². The molecule has 4 nitrogen and oxygen atoms in total. The topological polar surface area (TPSA) is 46.9 Å². The van der Waals surface area contributed by atoms with Gasteiger partial charge in [0.05, 0.1) is 0 Å². The second kappa shape index (κ2) is 6.22. The Morgan fingerprint density at radius 3 is 2.60 bits per heavy atom. The monoisotopic (exact) mass is 280 g/mol. The third-order valence-corrected chi connectivity index (χ3v) is 4.06. The van der Waals surface area contributed by atoms with Crippen LogP contribution in [0, 0.1) is 11.7 Å². The molecule has 2 unspecified atom stereocenters. The Labute approximate surface area is 120 Å². The van der Waals surface area contributed by atoms with Crippen LogP contribution in [0.5, 0.6) is 0 Å². The number of hydrogen-bond donors (Lipinski definition) is 2. The second-order valence-corrected chi connectivity index (χ2v) is 5.93. The number of rotatable bonds is 4. The van der Waals surface area contributed by atoms with Crippen LogP contribution in [0.4, 0.5) is 4.39 Å². The van der Waals surface area contributed by atoms with Crippen molar-refractivity contribution in [2.75, 3.05) is 27.2 Å². The van der Waals surface area contributed by atoms with Crippen molar-refractivity contribution < 1.29 is 14.4 Å². The van der Waals surface area contributed by atoms with Gasteiger partial charge < -0.3 is 14.9 Å². The van der Waals surface area contributed by atoms with Crippen LogP contribution in [0.15, 0.2) is 18.2 Å². The first kappa shape index (κ1) is 15.4. The average molecular weight is 280 g/mol. The first-order valence-corrected chi connectivity index (χ1v) is 6.91. The van der Waals surface area contributed by atoms with Gasteiger partial charge in [0.2, 0.25) is 0 Å². The average Bonchev–Trinajstić information content (AvgIpc) is 2.72. The largest absolute Gasteiger partial charge is 0.491 e. The predicted octanol–water partition coefficient (Wildman–Crippen LogP) is -0.113. The molecular formula is C14H22BFN2O2. The van der Waals surface area contributed by atoms with Gasteiger partial charge in [0, 0.05) is 31.1 Å². The summed E-state index contributed by atoms with van der Waals surface area (Å²) in [6.45, 7) is 4.91. The molecule has 0 saturated carbocycles. The maximum absolute atomic E-state index is 13.4. The van der Waals surface area contributed by atoms with E-state index in [0.717, 1.165) is 18.7 Å². The van der Waals surface area contributed by atoms with E-state index in [1.807, 2.05) is 0 Å². The molecule has 2 rings (SSSR count). The van der Waals surface area contributed by atoms with Gasteiger partial charge >= 0.3 is 7.12 Å². The zero-order valence-electron chi connectivity index (χ0n) is 12.3. The summed E-state index contributed by atoms with van der Waals surface area (Å²) in [4.78, 5) is 4.55. The molecule has 1 aromatic carbocycles. The summed E-state index contributed by atoms with van der Waals surface area (Å²) in [6.07, 6.45) is 0. The summed E-state index contributed by atoms with van der Waals surface area (Å²) in [7, 11) is 2.41. The fourth-order valence-corrected chi connectivity index (χ4v) is 3.00. The first-order chi connectivity index (χ1) is 9.38. The lowest BCUT2D eigenvalue weighted by Crippen LogP contribution is -2.35. The molecule has 1 heterocycles. The summed E-state index contributed by atoms with van der Waals surface area (Å²) >= 11 is 0. The van der Waals surface area contributed by atoms with Gasteiger partial charge in [0.25, 0.3) is 0 Å². The molecule has 0 aliphatic carbocycles. The van der Waals surface area contributed by atoms with Gasteiger partial charge in [0.15, 0.2) is 0 Å². The van der Waals surface area contributed by atoms with Gasteiger partial charge in [-0.1, -0.05) is 19.1 Å². The fourth-order valence-electron chi connectivity index (χ4n) is 3.00. The van der Waals surface area contributed by atoms with Crippen molar-refractivity contribution in [3.8, 4) is 0 Å². The number of halogens is 1. The minimum Gasteiger partial charge on any atom is -0.423 e. The summed E-state index contributed by atoms with van der Waals surface area (Å²) in [5.41, 5.74) is 0.847. The summed E-state index contributed by atoms with van der Waals surface area (Å²) in [5, 5.41) is 18.3. The van der Waals surface area contributed by atoms with Gasteiger partial charge in [-0.2, -0.15) is 0 Å². The highest BCUT2D eigenvalue weighted by atomic mass is 19.1. The van der Waals surface area contributed by atoms with E-state index in [9.17, 15) is 4.39 Å². The molecular weight excluding hydrogens is 258 g/mol. The van der Waals surface area contributed by atoms with Crippen LogP contribution in [0.1, 0.15) is 12.5 Å². The maximum atomic E-state index is 13.4. The standard InChI is InChI=1S/C14H22BFN2O2/c1-10-7-18(9-14(10)17(2)3)8-11-4-5-13(16)12(6-11)15(19)20/h4-6,10,14,19-20H,7-9H2,1-3H3. The van der Waals surface area contributed by atoms with E-state index in [-0.39, 0.29) is 5.46 Å². The van der Waals surface area contributed by atoms with E-state index < -0.39 is 12.9 Å². The Morgan fingerprint density at radius 2 is 2.05 bits per heavy atom. The molecule has 0 aromatic heterocycles. The smallest absolute Gasteiger partial charge is 0.423 e. The number of nitrogens with zero attached hydrogens (tertiary/aromatic N) is 2. The predicted molar refractivity (Wildman–Crippen MR) is 78.1 cm³/mol. The molecule has 6 heteroatoms. The van der Waals surface area contributed by atoms with Gasteiger partial charge in [0.1, 0.15) is 5.82 Å². The number of benzene rings is 1. The van der Waals surface area contributed by atoms with Crippen LogP contribution in [-0.2, 0) is 6.54 Å². The third kappa shape index (κ3) is 3.38. The Hall–Kier alpha value is -0.945. The molecule has 0 radical (unpaired) electrons. The van der Waals surface area contributed by atoms with Crippen LogP contribution in [0.25, 0.3) is 0 Å². The summed E-state index contributed by atoms with van der Waals surface area (Å²) in [5.74, 6) is 0.0121. The van der Waals surface area contributed by atoms with Gasteiger partial charge in [-0.05, 0) is 31.6 Å². The third-order valence-electron chi connectivity index (χ3n) is 4.06. The van der Waals surface area contributed by atoms with E-state index in [0.29, 0.717) is 18.5 Å². The van der Waals surface area contributed by atoms with Crippen molar-refractivity contribution >= 4 is 12.6 Å².